The SMILES string of the molecule is COc1ccc2c(c1)OC(Cc1ccccc1)C[C@H]2O. The van der Waals surface area contributed by atoms with Crippen LogP contribution in [0.2, 0.25) is 0 Å². The van der Waals surface area contributed by atoms with Crippen molar-refractivity contribution in [1.29, 1.82) is 0 Å². The van der Waals surface area contributed by atoms with E-state index in [9.17, 15) is 5.11 Å². The number of fused-ring (bicyclic) bond motifs is 1. The van der Waals surface area contributed by atoms with Crippen LogP contribution in [0.15, 0.2) is 48.5 Å². The van der Waals surface area contributed by atoms with E-state index in [0.29, 0.717) is 6.42 Å². The summed E-state index contributed by atoms with van der Waals surface area (Å²) in [5, 5.41) is 10.3. The summed E-state index contributed by atoms with van der Waals surface area (Å²) in [6.07, 6.45) is 0.938. The largest absolute Gasteiger partial charge is 0.497 e. The van der Waals surface area contributed by atoms with Crippen LogP contribution in [0.5, 0.6) is 11.5 Å². The highest BCUT2D eigenvalue weighted by atomic mass is 16.5. The van der Waals surface area contributed by atoms with Crippen molar-refractivity contribution in [3.05, 3.63) is 59.7 Å². The van der Waals surface area contributed by atoms with E-state index in [2.05, 4.69) is 12.1 Å². The molecule has 0 aromatic heterocycles. The molecule has 1 aliphatic heterocycles. The lowest BCUT2D eigenvalue weighted by atomic mass is 9.95. The van der Waals surface area contributed by atoms with Gasteiger partial charge in [-0.05, 0) is 17.7 Å². The van der Waals surface area contributed by atoms with Crippen LogP contribution in [-0.4, -0.2) is 18.3 Å². The molecule has 2 aromatic rings. The molecule has 2 aromatic carbocycles. The summed E-state index contributed by atoms with van der Waals surface area (Å²) in [6, 6.07) is 15.8. The van der Waals surface area contributed by atoms with E-state index in [1.54, 1.807) is 7.11 Å². The molecule has 104 valence electrons. The lowest BCUT2D eigenvalue weighted by Crippen LogP contribution is -2.27. The lowest BCUT2D eigenvalue weighted by molar-refractivity contribution is 0.0660. The normalized spacial score (nSPS) is 20.9. The van der Waals surface area contributed by atoms with Gasteiger partial charge in [0.05, 0.1) is 13.2 Å². The van der Waals surface area contributed by atoms with Gasteiger partial charge in [0.15, 0.2) is 0 Å². The topological polar surface area (TPSA) is 38.7 Å². The first kappa shape index (κ1) is 13.0. The molecule has 0 amide bonds. The third-order valence-corrected chi connectivity index (χ3v) is 3.67. The van der Waals surface area contributed by atoms with E-state index < -0.39 is 6.10 Å². The van der Waals surface area contributed by atoms with Gasteiger partial charge in [-0.25, -0.2) is 0 Å². The molecule has 20 heavy (non-hydrogen) atoms. The van der Waals surface area contributed by atoms with Crippen molar-refractivity contribution in [2.45, 2.75) is 25.0 Å². The van der Waals surface area contributed by atoms with E-state index in [1.807, 2.05) is 36.4 Å². The summed E-state index contributed by atoms with van der Waals surface area (Å²) in [6.45, 7) is 0. The minimum absolute atomic E-state index is 0.00740. The maximum Gasteiger partial charge on any atom is 0.129 e. The first-order valence-corrected chi connectivity index (χ1v) is 6.83. The van der Waals surface area contributed by atoms with Crippen molar-refractivity contribution in [3.8, 4) is 11.5 Å². The van der Waals surface area contributed by atoms with Gasteiger partial charge in [-0.15, -0.1) is 0 Å². The summed E-state index contributed by atoms with van der Waals surface area (Å²) in [4.78, 5) is 0. The highest BCUT2D eigenvalue weighted by molar-refractivity contribution is 5.43. The molecule has 3 nitrogen and oxygen atoms in total. The highest BCUT2D eigenvalue weighted by Crippen LogP contribution is 2.37. The average Bonchev–Trinajstić information content (AvgIpc) is 2.47. The molecule has 0 fully saturated rings. The first-order chi connectivity index (χ1) is 9.76. The van der Waals surface area contributed by atoms with E-state index >= 15 is 0 Å². The Labute approximate surface area is 118 Å². The summed E-state index contributed by atoms with van der Waals surface area (Å²) in [5.41, 5.74) is 2.06. The Morgan fingerprint density at radius 3 is 2.75 bits per heavy atom. The monoisotopic (exact) mass is 270 g/mol. The van der Waals surface area contributed by atoms with Crippen LogP contribution in [0.4, 0.5) is 0 Å². The Morgan fingerprint density at radius 2 is 2.00 bits per heavy atom. The Kier molecular flexibility index (Phi) is 3.61. The smallest absolute Gasteiger partial charge is 0.129 e. The molecule has 1 heterocycles. The third kappa shape index (κ3) is 2.63. The fourth-order valence-electron chi connectivity index (χ4n) is 2.62. The van der Waals surface area contributed by atoms with Crippen LogP contribution in [0.1, 0.15) is 23.7 Å². The van der Waals surface area contributed by atoms with Crippen molar-refractivity contribution in [3.63, 3.8) is 0 Å². The predicted octanol–water partition coefficient (Wildman–Crippen LogP) is 3.12. The predicted molar refractivity (Wildman–Crippen MR) is 77.1 cm³/mol. The molecular formula is C17H18O3. The van der Waals surface area contributed by atoms with E-state index in [-0.39, 0.29) is 6.10 Å². The van der Waals surface area contributed by atoms with Gasteiger partial charge < -0.3 is 14.6 Å². The minimum Gasteiger partial charge on any atom is -0.497 e. The number of methoxy groups -OCH3 is 1. The molecule has 1 aliphatic rings. The Balaban J connectivity index is 1.80. The molecule has 0 aliphatic carbocycles. The Bertz CT molecular complexity index is 580. The second-order valence-corrected chi connectivity index (χ2v) is 5.08. The zero-order valence-corrected chi connectivity index (χ0v) is 11.5. The molecule has 0 saturated heterocycles. The maximum atomic E-state index is 10.3. The molecule has 3 rings (SSSR count). The molecule has 1 unspecified atom stereocenters. The maximum absolute atomic E-state index is 10.3. The molecule has 0 spiro atoms. The van der Waals surface area contributed by atoms with Crippen LogP contribution >= 0.6 is 0 Å². The minimum atomic E-state index is -0.474. The van der Waals surface area contributed by atoms with Gasteiger partial charge >= 0.3 is 0 Å². The summed E-state index contributed by atoms with van der Waals surface area (Å²) < 4.78 is 11.2. The quantitative estimate of drug-likeness (QED) is 0.931. The Hall–Kier alpha value is -2.00. The molecule has 0 saturated carbocycles. The number of hydrogen-bond donors (Lipinski definition) is 1. The van der Waals surface area contributed by atoms with Crippen molar-refractivity contribution in [2.24, 2.45) is 0 Å². The number of hydrogen-bond acceptors (Lipinski definition) is 3. The molecule has 0 radical (unpaired) electrons. The van der Waals surface area contributed by atoms with E-state index in [1.165, 1.54) is 5.56 Å². The highest BCUT2D eigenvalue weighted by Gasteiger charge is 2.27. The summed E-state index contributed by atoms with van der Waals surface area (Å²) >= 11 is 0. The molecule has 2 atom stereocenters. The second kappa shape index (κ2) is 5.55. The third-order valence-electron chi connectivity index (χ3n) is 3.67. The second-order valence-electron chi connectivity index (χ2n) is 5.08. The van der Waals surface area contributed by atoms with Gasteiger partial charge in [-0.1, -0.05) is 30.3 Å². The number of aliphatic hydroxyl groups is 1. The molecule has 0 bridgehead atoms. The van der Waals surface area contributed by atoms with Crippen LogP contribution in [0.3, 0.4) is 0 Å². The average molecular weight is 270 g/mol. The summed E-state index contributed by atoms with van der Waals surface area (Å²) in [5.74, 6) is 1.47. The van der Waals surface area contributed by atoms with Crippen LogP contribution in [0.25, 0.3) is 0 Å². The fourth-order valence-corrected chi connectivity index (χ4v) is 2.62. The van der Waals surface area contributed by atoms with Gasteiger partial charge in [0.1, 0.15) is 17.6 Å². The number of ether oxygens (including phenoxy) is 2. The zero-order valence-electron chi connectivity index (χ0n) is 11.5. The van der Waals surface area contributed by atoms with Crippen molar-refractivity contribution >= 4 is 0 Å². The number of rotatable bonds is 3. The van der Waals surface area contributed by atoms with Gasteiger partial charge in [-0.3, -0.25) is 0 Å². The summed E-state index contributed by atoms with van der Waals surface area (Å²) in [7, 11) is 1.63. The van der Waals surface area contributed by atoms with Gasteiger partial charge in [0.2, 0.25) is 0 Å². The lowest BCUT2D eigenvalue weighted by Gasteiger charge is -2.30. The molecule has 3 heteroatoms. The zero-order chi connectivity index (χ0) is 13.9. The van der Waals surface area contributed by atoms with Crippen molar-refractivity contribution in [2.75, 3.05) is 7.11 Å². The molecule has 1 N–H and O–H groups in total. The van der Waals surface area contributed by atoms with Crippen molar-refractivity contribution in [1.82, 2.24) is 0 Å². The van der Waals surface area contributed by atoms with Crippen LogP contribution in [-0.2, 0) is 6.42 Å². The number of benzene rings is 2. The van der Waals surface area contributed by atoms with Crippen LogP contribution < -0.4 is 9.47 Å². The molecular weight excluding hydrogens is 252 g/mol. The van der Waals surface area contributed by atoms with Crippen LogP contribution in [0, 0.1) is 0 Å². The van der Waals surface area contributed by atoms with Gasteiger partial charge in [-0.2, -0.15) is 0 Å². The van der Waals surface area contributed by atoms with E-state index in [0.717, 1.165) is 23.5 Å². The fraction of sp³-hybridized carbons (Fsp3) is 0.294. The first-order valence-electron chi connectivity index (χ1n) is 6.83. The van der Waals surface area contributed by atoms with Gasteiger partial charge in [0.25, 0.3) is 0 Å². The van der Waals surface area contributed by atoms with E-state index in [4.69, 9.17) is 9.47 Å². The van der Waals surface area contributed by atoms with Gasteiger partial charge in [0, 0.05) is 24.5 Å². The number of aliphatic hydroxyl groups excluding tert-OH is 1. The Morgan fingerprint density at radius 1 is 1.20 bits per heavy atom. The standard InChI is InChI=1S/C17H18O3/c1-19-13-7-8-15-16(18)10-14(20-17(15)11-13)9-12-5-3-2-4-6-12/h2-8,11,14,16,18H,9-10H2,1H3/t14?,16-/m1/s1. The van der Waals surface area contributed by atoms with Crippen molar-refractivity contribution < 1.29 is 14.6 Å².